The van der Waals surface area contributed by atoms with Gasteiger partial charge in [0.05, 0.1) is 6.04 Å². The summed E-state index contributed by atoms with van der Waals surface area (Å²) in [6.45, 7) is 2.22. The first-order valence-corrected chi connectivity index (χ1v) is 9.39. The number of hydrogen-bond donors (Lipinski definition) is 1. The van der Waals surface area contributed by atoms with Gasteiger partial charge in [0.15, 0.2) is 0 Å². The lowest BCUT2D eigenvalue weighted by atomic mass is 9.96. The lowest BCUT2D eigenvalue weighted by Crippen LogP contribution is -2.45. The van der Waals surface area contributed by atoms with E-state index in [1.54, 1.807) is 0 Å². The van der Waals surface area contributed by atoms with Crippen molar-refractivity contribution in [1.82, 2.24) is 10.2 Å². The first-order chi connectivity index (χ1) is 11.3. The third kappa shape index (κ3) is 3.60. The molecular formula is C20H28N2O. The fraction of sp³-hybridized carbons (Fsp3) is 0.650. The summed E-state index contributed by atoms with van der Waals surface area (Å²) in [4.78, 5) is 14.9. The van der Waals surface area contributed by atoms with Crippen LogP contribution >= 0.6 is 0 Å². The zero-order valence-electron chi connectivity index (χ0n) is 13.9. The van der Waals surface area contributed by atoms with Crippen LogP contribution in [0.1, 0.15) is 56.4 Å². The van der Waals surface area contributed by atoms with Crippen LogP contribution in [0.25, 0.3) is 0 Å². The average Bonchev–Trinajstić information content (AvgIpc) is 3.09. The van der Waals surface area contributed by atoms with Gasteiger partial charge < -0.3 is 5.32 Å². The number of carbonyl (C=O) groups excluding carboxylic acids is 1. The lowest BCUT2D eigenvalue weighted by Gasteiger charge is -2.26. The molecule has 4 rings (SSSR count). The van der Waals surface area contributed by atoms with Crippen molar-refractivity contribution in [3.8, 4) is 0 Å². The zero-order valence-corrected chi connectivity index (χ0v) is 13.9. The molecule has 0 bridgehead atoms. The lowest BCUT2D eigenvalue weighted by molar-refractivity contribution is -0.125. The minimum atomic E-state index is 0.145. The van der Waals surface area contributed by atoms with E-state index in [0.29, 0.717) is 11.9 Å². The summed E-state index contributed by atoms with van der Waals surface area (Å²) in [5.41, 5.74) is 1.50. The van der Waals surface area contributed by atoms with Crippen molar-refractivity contribution in [1.29, 1.82) is 0 Å². The highest BCUT2D eigenvalue weighted by Gasteiger charge is 2.36. The van der Waals surface area contributed by atoms with Crippen molar-refractivity contribution in [3.63, 3.8) is 0 Å². The molecule has 3 atom stereocenters. The predicted octanol–water partition coefficient (Wildman–Crippen LogP) is 3.31. The summed E-state index contributed by atoms with van der Waals surface area (Å²) >= 11 is 0. The number of nitrogens with zero attached hydrogens (tertiary/aromatic N) is 1. The van der Waals surface area contributed by atoms with E-state index in [1.165, 1.54) is 44.1 Å². The van der Waals surface area contributed by atoms with Crippen LogP contribution in [0.3, 0.4) is 0 Å². The van der Waals surface area contributed by atoms with Gasteiger partial charge >= 0.3 is 0 Å². The number of hydrogen-bond acceptors (Lipinski definition) is 2. The molecule has 0 spiro atoms. The molecule has 1 saturated heterocycles. The Kier molecular flexibility index (Phi) is 4.39. The molecule has 23 heavy (non-hydrogen) atoms. The van der Waals surface area contributed by atoms with Gasteiger partial charge in [0, 0.05) is 12.6 Å². The average molecular weight is 312 g/mol. The molecule has 1 unspecified atom stereocenters. The van der Waals surface area contributed by atoms with Crippen LogP contribution in [0.4, 0.5) is 0 Å². The molecular weight excluding hydrogens is 284 g/mol. The zero-order chi connectivity index (χ0) is 15.6. The minimum absolute atomic E-state index is 0.145. The summed E-state index contributed by atoms with van der Waals surface area (Å²) in [7, 11) is 0. The van der Waals surface area contributed by atoms with E-state index in [-0.39, 0.29) is 6.04 Å². The van der Waals surface area contributed by atoms with Crippen molar-refractivity contribution in [2.75, 3.05) is 13.1 Å². The van der Waals surface area contributed by atoms with Crippen molar-refractivity contribution in [3.05, 3.63) is 35.9 Å². The quantitative estimate of drug-likeness (QED) is 0.904. The molecule has 124 valence electrons. The number of carbonyl (C=O) groups is 1. The molecule has 1 aromatic carbocycles. The molecule has 3 nitrogen and oxygen atoms in total. The van der Waals surface area contributed by atoms with Crippen molar-refractivity contribution in [2.45, 2.75) is 62.9 Å². The van der Waals surface area contributed by atoms with Crippen LogP contribution in [-0.4, -0.2) is 36.0 Å². The Hall–Kier alpha value is -1.35. The molecule has 1 amide bonds. The van der Waals surface area contributed by atoms with Gasteiger partial charge in [-0.3, -0.25) is 9.69 Å². The first kappa shape index (κ1) is 15.2. The van der Waals surface area contributed by atoms with Gasteiger partial charge in [-0.2, -0.15) is 0 Å². The Balaban J connectivity index is 1.32. The van der Waals surface area contributed by atoms with Crippen LogP contribution in [0.15, 0.2) is 30.3 Å². The van der Waals surface area contributed by atoms with Gasteiger partial charge in [0.25, 0.3) is 0 Å². The summed E-state index contributed by atoms with van der Waals surface area (Å²) in [6, 6.07) is 11.6. The Bertz CT molecular complexity index is 540. The van der Waals surface area contributed by atoms with Crippen molar-refractivity contribution >= 4 is 5.91 Å². The number of nitrogens with one attached hydrogen (secondary N) is 1. The van der Waals surface area contributed by atoms with E-state index in [1.807, 2.05) is 0 Å². The molecule has 0 radical (unpaired) electrons. The maximum absolute atomic E-state index is 12.4. The highest BCUT2D eigenvalue weighted by atomic mass is 16.2. The van der Waals surface area contributed by atoms with Crippen molar-refractivity contribution in [2.24, 2.45) is 5.92 Å². The fourth-order valence-electron chi connectivity index (χ4n) is 4.47. The molecule has 1 aliphatic heterocycles. The Morgan fingerprint density at radius 1 is 1.09 bits per heavy atom. The second kappa shape index (κ2) is 6.64. The van der Waals surface area contributed by atoms with E-state index in [0.717, 1.165) is 31.3 Å². The van der Waals surface area contributed by atoms with Crippen LogP contribution in [-0.2, 0) is 4.79 Å². The van der Waals surface area contributed by atoms with Gasteiger partial charge in [0.2, 0.25) is 5.91 Å². The molecule has 2 aliphatic carbocycles. The highest BCUT2D eigenvalue weighted by Crippen LogP contribution is 2.39. The third-order valence-corrected chi connectivity index (χ3v) is 5.89. The minimum Gasteiger partial charge on any atom is -0.352 e. The number of amides is 1. The van der Waals surface area contributed by atoms with E-state index in [2.05, 4.69) is 40.5 Å². The van der Waals surface area contributed by atoms with Crippen molar-refractivity contribution < 1.29 is 4.79 Å². The second-order valence-electron chi connectivity index (χ2n) is 7.72. The molecule has 1 heterocycles. The fourth-order valence-corrected chi connectivity index (χ4v) is 4.47. The normalized spacial score (nSPS) is 31.4. The molecule has 0 aromatic heterocycles. The summed E-state index contributed by atoms with van der Waals surface area (Å²) in [5.74, 6) is 1.78. The Labute approximate surface area is 139 Å². The highest BCUT2D eigenvalue weighted by molar-refractivity contribution is 5.82. The van der Waals surface area contributed by atoms with Gasteiger partial charge in [0.1, 0.15) is 0 Å². The molecule has 1 N–H and O–H groups in total. The van der Waals surface area contributed by atoms with E-state index < -0.39 is 0 Å². The van der Waals surface area contributed by atoms with Crippen LogP contribution in [0.2, 0.25) is 0 Å². The summed E-state index contributed by atoms with van der Waals surface area (Å²) in [5, 5.41) is 3.20. The van der Waals surface area contributed by atoms with Gasteiger partial charge in [-0.25, -0.2) is 0 Å². The number of rotatable bonds is 5. The molecule has 3 heteroatoms. The SMILES string of the molecule is O=C(NC1CC1)C1CCCN1C[C@@H]1CC[C@@H](c2ccccc2)C1. The predicted molar refractivity (Wildman–Crippen MR) is 92.3 cm³/mol. The number of benzene rings is 1. The Morgan fingerprint density at radius 3 is 2.70 bits per heavy atom. The maximum Gasteiger partial charge on any atom is 0.237 e. The standard InChI is InChI=1S/C20H28N2O/c23-20(21-18-10-11-18)19-7-4-12-22(19)14-15-8-9-17(13-15)16-5-2-1-3-6-16/h1-3,5-6,15,17-19H,4,7-14H2,(H,21,23)/t15-,17-,19?/m1/s1. The molecule has 3 fully saturated rings. The largest absolute Gasteiger partial charge is 0.352 e. The van der Waals surface area contributed by atoms with Crippen LogP contribution in [0, 0.1) is 5.92 Å². The smallest absolute Gasteiger partial charge is 0.237 e. The molecule has 3 aliphatic rings. The van der Waals surface area contributed by atoms with Crippen LogP contribution < -0.4 is 5.32 Å². The van der Waals surface area contributed by atoms with Gasteiger partial charge in [-0.1, -0.05) is 30.3 Å². The van der Waals surface area contributed by atoms with Gasteiger partial charge in [-0.05, 0) is 68.9 Å². The summed E-state index contributed by atoms with van der Waals surface area (Å²) in [6.07, 6.45) is 8.50. The maximum atomic E-state index is 12.4. The van der Waals surface area contributed by atoms with E-state index >= 15 is 0 Å². The van der Waals surface area contributed by atoms with E-state index in [4.69, 9.17) is 0 Å². The van der Waals surface area contributed by atoms with Crippen LogP contribution in [0.5, 0.6) is 0 Å². The summed E-state index contributed by atoms with van der Waals surface area (Å²) < 4.78 is 0. The monoisotopic (exact) mass is 312 g/mol. The first-order valence-electron chi connectivity index (χ1n) is 9.39. The van der Waals surface area contributed by atoms with Gasteiger partial charge in [-0.15, -0.1) is 0 Å². The number of likely N-dealkylation sites (tertiary alicyclic amines) is 1. The Morgan fingerprint density at radius 2 is 1.91 bits per heavy atom. The molecule has 2 saturated carbocycles. The topological polar surface area (TPSA) is 32.3 Å². The third-order valence-electron chi connectivity index (χ3n) is 5.89. The van der Waals surface area contributed by atoms with E-state index in [9.17, 15) is 4.79 Å². The second-order valence-corrected chi connectivity index (χ2v) is 7.72. The molecule has 1 aromatic rings.